The van der Waals surface area contributed by atoms with E-state index in [1.807, 2.05) is 41.3 Å². The normalized spacial score (nSPS) is 22.1. The maximum Gasteiger partial charge on any atom is 0.410 e. The number of pyridine rings is 1. The number of ether oxygens (including phenoxy) is 1. The van der Waals surface area contributed by atoms with Crippen molar-refractivity contribution < 1.29 is 9.53 Å². The molecule has 2 aromatic heterocycles. The van der Waals surface area contributed by atoms with E-state index in [2.05, 4.69) is 16.0 Å². The summed E-state index contributed by atoms with van der Waals surface area (Å²) in [4.78, 5) is 25.4. The molecule has 2 saturated heterocycles. The van der Waals surface area contributed by atoms with Gasteiger partial charge in [0.25, 0.3) is 0 Å². The van der Waals surface area contributed by atoms with E-state index in [0.29, 0.717) is 13.1 Å². The molecule has 7 heteroatoms. The molecular weight excluding hydrogens is 348 g/mol. The Balaban J connectivity index is 1.31. The van der Waals surface area contributed by atoms with Gasteiger partial charge in [-0.15, -0.1) is 0 Å². The number of para-hydroxylation sites is 1. The third kappa shape index (κ3) is 2.68. The number of hydrogen-bond acceptors (Lipinski definition) is 6. The number of amides is 1. The van der Waals surface area contributed by atoms with Gasteiger partial charge in [0.15, 0.2) is 5.13 Å². The van der Waals surface area contributed by atoms with Gasteiger partial charge in [-0.05, 0) is 24.3 Å². The first-order valence-electron chi connectivity index (χ1n) is 8.75. The lowest BCUT2D eigenvalue weighted by Crippen LogP contribution is -2.39. The molecule has 132 valence electrons. The van der Waals surface area contributed by atoms with E-state index in [9.17, 15) is 4.79 Å². The van der Waals surface area contributed by atoms with Crippen molar-refractivity contribution in [2.45, 2.75) is 18.6 Å². The number of benzene rings is 1. The zero-order chi connectivity index (χ0) is 17.5. The van der Waals surface area contributed by atoms with E-state index in [1.165, 1.54) is 4.70 Å². The lowest BCUT2D eigenvalue weighted by molar-refractivity contribution is 0.136. The second-order valence-corrected chi connectivity index (χ2v) is 7.63. The van der Waals surface area contributed by atoms with Crippen molar-refractivity contribution in [3.05, 3.63) is 54.4 Å². The highest BCUT2D eigenvalue weighted by molar-refractivity contribution is 7.22. The molecule has 6 nitrogen and oxygen atoms in total. The Labute approximate surface area is 155 Å². The molecule has 2 fully saturated rings. The highest BCUT2D eigenvalue weighted by Crippen LogP contribution is 2.34. The average Bonchev–Trinajstić information content (AvgIpc) is 3.33. The maximum atomic E-state index is 12.2. The fourth-order valence-electron chi connectivity index (χ4n) is 3.69. The predicted molar refractivity (Wildman–Crippen MR) is 101 cm³/mol. The van der Waals surface area contributed by atoms with Gasteiger partial charge in [-0.1, -0.05) is 29.5 Å². The quantitative estimate of drug-likeness (QED) is 0.711. The third-order valence-corrected chi connectivity index (χ3v) is 6.11. The van der Waals surface area contributed by atoms with Crippen molar-refractivity contribution in [2.75, 3.05) is 24.5 Å². The Hall–Kier alpha value is -2.67. The maximum absolute atomic E-state index is 12.2. The Morgan fingerprint density at radius 3 is 2.88 bits per heavy atom. The summed E-state index contributed by atoms with van der Waals surface area (Å²) in [5, 5.41) is 1.00. The second kappa shape index (κ2) is 6.25. The fourth-order valence-corrected chi connectivity index (χ4v) is 4.68. The van der Waals surface area contributed by atoms with Crippen LogP contribution in [0.5, 0.6) is 0 Å². The highest BCUT2D eigenvalue weighted by Gasteiger charge is 2.48. The van der Waals surface area contributed by atoms with E-state index < -0.39 is 0 Å². The lowest BCUT2D eigenvalue weighted by atomic mass is 10.2. The lowest BCUT2D eigenvalue weighted by Gasteiger charge is -2.22. The van der Waals surface area contributed by atoms with E-state index in [0.717, 1.165) is 29.3 Å². The van der Waals surface area contributed by atoms with Gasteiger partial charge >= 0.3 is 6.09 Å². The van der Waals surface area contributed by atoms with Crippen LogP contribution in [0.1, 0.15) is 5.69 Å². The largest absolute Gasteiger partial charge is 0.442 e. The number of carbonyl (C=O) groups is 1. The summed E-state index contributed by atoms with van der Waals surface area (Å²) in [5.74, 6) is 0. The number of thiazole rings is 1. The summed E-state index contributed by atoms with van der Waals surface area (Å²) in [6.07, 6.45) is 2.23. The topological polar surface area (TPSA) is 58.6 Å². The van der Waals surface area contributed by atoms with Gasteiger partial charge in [-0.25, -0.2) is 9.78 Å². The standard InChI is InChI=1S/C19H18N4O2S/c24-19-23(10-8-13-5-3-4-9-20-13)15-11-22(12-16(15)25-19)18-21-14-6-1-2-7-17(14)26-18/h1-7,9,15-16H,8,10-12H2/t15-,16+/m0/s1. The Morgan fingerprint density at radius 2 is 2.04 bits per heavy atom. The smallest absolute Gasteiger partial charge is 0.410 e. The van der Waals surface area contributed by atoms with Crippen molar-refractivity contribution in [1.82, 2.24) is 14.9 Å². The van der Waals surface area contributed by atoms with Crippen molar-refractivity contribution in [2.24, 2.45) is 0 Å². The number of nitrogens with zero attached hydrogens (tertiary/aromatic N) is 4. The van der Waals surface area contributed by atoms with Crippen LogP contribution in [-0.4, -0.2) is 52.7 Å². The van der Waals surface area contributed by atoms with Crippen LogP contribution in [0, 0.1) is 0 Å². The summed E-state index contributed by atoms with van der Waals surface area (Å²) >= 11 is 1.69. The highest BCUT2D eigenvalue weighted by atomic mass is 32.1. The number of aromatic nitrogens is 2. The molecular formula is C19H18N4O2S. The van der Waals surface area contributed by atoms with Gasteiger partial charge < -0.3 is 9.64 Å². The zero-order valence-corrected chi connectivity index (χ0v) is 14.9. The molecule has 2 aliphatic heterocycles. The van der Waals surface area contributed by atoms with Crippen molar-refractivity contribution in [1.29, 1.82) is 0 Å². The molecule has 0 radical (unpaired) electrons. The fraction of sp³-hybridized carbons (Fsp3) is 0.316. The molecule has 2 atom stereocenters. The second-order valence-electron chi connectivity index (χ2n) is 6.62. The van der Waals surface area contributed by atoms with Crippen LogP contribution in [0.4, 0.5) is 9.93 Å². The average molecular weight is 366 g/mol. The van der Waals surface area contributed by atoms with Gasteiger partial charge in [-0.3, -0.25) is 9.88 Å². The van der Waals surface area contributed by atoms with Crippen LogP contribution in [0.2, 0.25) is 0 Å². The summed E-state index contributed by atoms with van der Waals surface area (Å²) in [7, 11) is 0. The molecule has 3 aromatic rings. The van der Waals surface area contributed by atoms with Gasteiger partial charge in [0.2, 0.25) is 0 Å². The van der Waals surface area contributed by atoms with E-state index in [4.69, 9.17) is 9.72 Å². The van der Waals surface area contributed by atoms with Gasteiger partial charge in [0, 0.05) is 31.4 Å². The minimum atomic E-state index is -0.208. The van der Waals surface area contributed by atoms with E-state index in [-0.39, 0.29) is 18.2 Å². The number of hydrogen-bond donors (Lipinski definition) is 0. The number of carbonyl (C=O) groups excluding carboxylic acids is 1. The van der Waals surface area contributed by atoms with E-state index in [1.54, 1.807) is 17.5 Å². The molecule has 0 bridgehead atoms. The minimum Gasteiger partial charge on any atom is -0.442 e. The molecule has 0 spiro atoms. The Morgan fingerprint density at radius 1 is 1.15 bits per heavy atom. The van der Waals surface area contributed by atoms with Crippen molar-refractivity contribution in [3.8, 4) is 0 Å². The molecule has 5 rings (SSSR count). The molecule has 4 heterocycles. The monoisotopic (exact) mass is 366 g/mol. The van der Waals surface area contributed by atoms with Crippen LogP contribution in [0.15, 0.2) is 48.7 Å². The van der Waals surface area contributed by atoms with Crippen molar-refractivity contribution >= 4 is 32.8 Å². The van der Waals surface area contributed by atoms with Crippen LogP contribution in [0.3, 0.4) is 0 Å². The molecule has 0 unspecified atom stereocenters. The molecule has 26 heavy (non-hydrogen) atoms. The molecule has 1 amide bonds. The molecule has 1 aromatic carbocycles. The number of rotatable bonds is 4. The van der Waals surface area contributed by atoms with Crippen LogP contribution in [-0.2, 0) is 11.2 Å². The molecule has 0 saturated carbocycles. The number of fused-ring (bicyclic) bond motifs is 2. The summed E-state index contributed by atoms with van der Waals surface area (Å²) < 4.78 is 6.80. The van der Waals surface area contributed by atoms with Crippen LogP contribution < -0.4 is 4.90 Å². The minimum absolute atomic E-state index is 0.0817. The Kier molecular flexibility index (Phi) is 3.74. The first-order valence-corrected chi connectivity index (χ1v) is 9.57. The molecule has 2 aliphatic rings. The van der Waals surface area contributed by atoms with Gasteiger partial charge in [-0.2, -0.15) is 0 Å². The number of anilines is 1. The predicted octanol–water partition coefficient (Wildman–Crippen LogP) is 2.94. The van der Waals surface area contributed by atoms with Crippen LogP contribution in [0.25, 0.3) is 10.2 Å². The zero-order valence-electron chi connectivity index (χ0n) is 14.1. The van der Waals surface area contributed by atoms with Crippen molar-refractivity contribution in [3.63, 3.8) is 0 Å². The summed E-state index contributed by atoms with van der Waals surface area (Å²) in [5.41, 5.74) is 2.01. The summed E-state index contributed by atoms with van der Waals surface area (Å²) in [6.45, 7) is 2.10. The summed E-state index contributed by atoms with van der Waals surface area (Å²) in [6, 6.07) is 14.1. The first kappa shape index (κ1) is 15.6. The van der Waals surface area contributed by atoms with Crippen LogP contribution >= 0.6 is 11.3 Å². The van der Waals surface area contributed by atoms with Gasteiger partial charge in [0.1, 0.15) is 6.10 Å². The first-order chi connectivity index (χ1) is 12.8. The Bertz CT molecular complexity index is 912. The molecule has 0 aliphatic carbocycles. The third-order valence-electron chi connectivity index (χ3n) is 5.01. The van der Waals surface area contributed by atoms with Gasteiger partial charge in [0.05, 0.1) is 22.8 Å². The SMILES string of the molecule is O=C1O[C@@H]2CN(c3nc4ccccc4s3)C[C@@H]2N1CCc1ccccn1. The van der Waals surface area contributed by atoms with E-state index >= 15 is 0 Å². The molecule has 0 N–H and O–H groups in total.